The first kappa shape index (κ1) is 12.0. The van der Waals surface area contributed by atoms with E-state index in [-0.39, 0.29) is 0 Å². The van der Waals surface area contributed by atoms with Crippen molar-refractivity contribution >= 4 is 16.1 Å². The van der Waals surface area contributed by atoms with Crippen molar-refractivity contribution in [3.63, 3.8) is 0 Å². The monoisotopic (exact) mass is 198 g/mol. The van der Waals surface area contributed by atoms with Crippen molar-refractivity contribution in [3.05, 3.63) is 0 Å². The topological polar surface area (TPSA) is 0 Å². The predicted octanol–water partition coefficient (Wildman–Crippen LogP) is 3.67. The van der Waals surface area contributed by atoms with Crippen LogP contribution in [0.25, 0.3) is 0 Å². The lowest BCUT2D eigenvalue weighted by atomic mass is 10.7. The summed E-state index contributed by atoms with van der Waals surface area (Å²) in [4.78, 5) is 0. The van der Waals surface area contributed by atoms with E-state index in [0.717, 1.165) is 12.1 Å². The summed E-state index contributed by atoms with van der Waals surface area (Å²) in [6, 6.07) is 2.33. The molecule has 12 heavy (non-hydrogen) atoms. The van der Waals surface area contributed by atoms with Crippen molar-refractivity contribution in [1.82, 2.24) is 0 Å². The quantitative estimate of drug-likeness (QED) is 0.469. The summed E-state index contributed by atoms with van der Waals surface area (Å²) in [5, 5.41) is 0. The van der Waals surface area contributed by atoms with Gasteiger partial charge >= 0.3 is 0 Å². The molecule has 0 spiro atoms. The van der Waals surface area contributed by atoms with Crippen LogP contribution in [0.2, 0.25) is 51.4 Å². The molecule has 0 aromatic heterocycles. The molecule has 0 nitrogen and oxygen atoms in total. The first-order chi connectivity index (χ1) is 5.21. The molecule has 0 bridgehead atoms. The van der Waals surface area contributed by atoms with E-state index in [1.54, 1.807) is 0 Å². The first-order valence-corrected chi connectivity index (χ1v) is 12.1. The average molecular weight is 198 g/mol. The van der Waals surface area contributed by atoms with Gasteiger partial charge in [0.05, 0.1) is 16.1 Å². The fourth-order valence-corrected chi connectivity index (χ4v) is 1.97. The third kappa shape index (κ3) is 9.99. The summed E-state index contributed by atoms with van der Waals surface area (Å²) < 4.78 is 0. The maximum absolute atomic E-state index is 3.33. The molecule has 0 unspecified atom stereocenters. The summed E-state index contributed by atoms with van der Waals surface area (Å²) >= 11 is 0. The molecular weight excluding hydrogens is 176 g/mol. The van der Waals surface area contributed by atoms with Gasteiger partial charge in [0.1, 0.15) is 0 Å². The fourth-order valence-electron chi connectivity index (χ4n) is 0.655. The fraction of sp³-hybridized carbons (Fsp3) is 0.800. The maximum atomic E-state index is 3.33. The van der Waals surface area contributed by atoms with Gasteiger partial charge in [0.25, 0.3) is 0 Å². The molecule has 0 aromatic rings. The lowest BCUT2D eigenvalue weighted by molar-refractivity contribution is 1.53. The van der Waals surface area contributed by atoms with Gasteiger partial charge < -0.3 is 0 Å². The minimum atomic E-state index is -0.912. The molecule has 2 heteroatoms. The van der Waals surface area contributed by atoms with E-state index < -0.39 is 16.1 Å². The Labute approximate surface area is 79.8 Å². The van der Waals surface area contributed by atoms with Gasteiger partial charge in [0, 0.05) is 12.1 Å². The number of hydrogen-bond acceptors (Lipinski definition) is 0. The molecule has 0 radical (unpaired) electrons. The molecule has 0 aliphatic rings. The van der Waals surface area contributed by atoms with E-state index in [4.69, 9.17) is 0 Å². The van der Waals surface area contributed by atoms with Gasteiger partial charge in [-0.15, -0.1) is 11.8 Å². The van der Waals surface area contributed by atoms with Gasteiger partial charge in [-0.05, 0) is 0 Å². The Hall–Kier alpha value is -0.00623. The Balaban J connectivity index is 3.77. The smallest absolute Gasteiger partial charge is 0.0573 e. The molecule has 0 rings (SSSR count). The average Bonchev–Trinajstić information content (AvgIpc) is 1.76. The molecule has 70 valence electrons. The number of hydrogen-bond donors (Lipinski definition) is 0. The Kier molecular flexibility index (Phi) is 4.29. The summed E-state index contributed by atoms with van der Waals surface area (Å²) in [5.74, 6) is 6.66. The second kappa shape index (κ2) is 4.29. The van der Waals surface area contributed by atoms with Crippen molar-refractivity contribution in [1.29, 1.82) is 0 Å². The van der Waals surface area contributed by atoms with Crippen molar-refractivity contribution < 1.29 is 0 Å². The maximum Gasteiger partial charge on any atom is 0.0573 e. The summed E-state index contributed by atoms with van der Waals surface area (Å²) in [5.41, 5.74) is 0. The van der Waals surface area contributed by atoms with Crippen LogP contribution in [0.1, 0.15) is 0 Å². The van der Waals surface area contributed by atoms with Crippen LogP contribution < -0.4 is 0 Å². The minimum Gasteiger partial charge on any atom is -0.107 e. The second-order valence-corrected chi connectivity index (χ2v) is 16.8. The normalized spacial score (nSPS) is 12.2. The SMILES string of the molecule is C[Si](C)(C)CC#CC[Si](C)(C)C. The third-order valence-electron chi connectivity index (χ3n) is 1.36. The Morgan fingerprint density at radius 2 is 0.917 bits per heavy atom. The lowest BCUT2D eigenvalue weighted by Crippen LogP contribution is -2.19. The summed E-state index contributed by atoms with van der Waals surface area (Å²) in [6.07, 6.45) is 0. The highest BCUT2D eigenvalue weighted by Crippen LogP contribution is 2.08. The zero-order valence-corrected chi connectivity index (χ0v) is 11.4. The lowest BCUT2D eigenvalue weighted by Gasteiger charge is -2.11. The van der Waals surface area contributed by atoms with E-state index in [0.29, 0.717) is 0 Å². The molecule has 0 heterocycles. The Bertz CT molecular complexity index is 163. The van der Waals surface area contributed by atoms with Gasteiger partial charge in [-0.3, -0.25) is 0 Å². The van der Waals surface area contributed by atoms with Gasteiger partial charge in [0.2, 0.25) is 0 Å². The molecule has 0 saturated carbocycles. The van der Waals surface area contributed by atoms with Crippen LogP contribution in [0.5, 0.6) is 0 Å². The molecule has 0 atom stereocenters. The molecule has 0 aliphatic heterocycles. The highest BCUT2D eigenvalue weighted by molar-refractivity contribution is 6.77. The Morgan fingerprint density at radius 3 is 1.08 bits per heavy atom. The van der Waals surface area contributed by atoms with Crippen LogP contribution >= 0.6 is 0 Å². The molecular formula is C10H22Si2. The van der Waals surface area contributed by atoms with Gasteiger partial charge in [0.15, 0.2) is 0 Å². The van der Waals surface area contributed by atoms with Gasteiger partial charge in [-0.1, -0.05) is 39.3 Å². The highest BCUT2D eigenvalue weighted by Gasteiger charge is 2.11. The van der Waals surface area contributed by atoms with Crippen molar-refractivity contribution in [2.75, 3.05) is 0 Å². The molecule has 0 aromatic carbocycles. The van der Waals surface area contributed by atoms with Gasteiger partial charge in [-0.2, -0.15) is 0 Å². The third-order valence-corrected chi connectivity index (χ3v) is 3.84. The largest absolute Gasteiger partial charge is 0.107 e. The van der Waals surface area contributed by atoms with E-state index >= 15 is 0 Å². The zero-order valence-electron chi connectivity index (χ0n) is 9.41. The van der Waals surface area contributed by atoms with Crippen LogP contribution in [0.4, 0.5) is 0 Å². The van der Waals surface area contributed by atoms with Gasteiger partial charge in [-0.25, -0.2) is 0 Å². The molecule has 0 N–H and O–H groups in total. The predicted molar refractivity (Wildman–Crippen MR) is 64.1 cm³/mol. The Morgan fingerprint density at radius 1 is 0.667 bits per heavy atom. The van der Waals surface area contributed by atoms with Crippen LogP contribution in [0, 0.1) is 11.8 Å². The van der Waals surface area contributed by atoms with E-state index in [9.17, 15) is 0 Å². The van der Waals surface area contributed by atoms with Crippen LogP contribution in [0.3, 0.4) is 0 Å². The van der Waals surface area contributed by atoms with Crippen LogP contribution in [-0.2, 0) is 0 Å². The van der Waals surface area contributed by atoms with Crippen LogP contribution in [0.15, 0.2) is 0 Å². The first-order valence-electron chi connectivity index (χ1n) is 4.66. The molecule has 0 fully saturated rings. The van der Waals surface area contributed by atoms with E-state index in [2.05, 4.69) is 51.1 Å². The summed E-state index contributed by atoms with van der Waals surface area (Å²) in [6.45, 7) is 14.2. The standard InChI is InChI=1S/C10H22Si2/c1-11(2,3)9-7-8-10-12(4,5)6/h9-10H2,1-6H3. The minimum absolute atomic E-state index is 0.912. The molecule has 0 amide bonds. The highest BCUT2D eigenvalue weighted by atomic mass is 28.3. The summed E-state index contributed by atoms with van der Waals surface area (Å²) in [7, 11) is -1.82. The van der Waals surface area contributed by atoms with Crippen molar-refractivity contribution in [3.8, 4) is 11.8 Å². The molecule has 0 saturated heterocycles. The second-order valence-electron chi connectivity index (χ2n) is 5.83. The van der Waals surface area contributed by atoms with Crippen LogP contribution in [-0.4, -0.2) is 16.1 Å². The number of rotatable bonds is 2. The zero-order chi connectivity index (χ0) is 9.83. The molecule has 0 aliphatic carbocycles. The van der Waals surface area contributed by atoms with E-state index in [1.807, 2.05) is 0 Å². The van der Waals surface area contributed by atoms with Crippen molar-refractivity contribution in [2.24, 2.45) is 0 Å². The van der Waals surface area contributed by atoms with Crippen molar-refractivity contribution in [2.45, 2.75) is 51.4 Å². The van der Waals surface area contributed by atoms with E-state index in [1.165, 1.54) is 0 Å².